The number of benzene rings is 2. The highest BCUT2D eigenvalue weighted by Crippen LogP contribution is 2.30. The molecule has 0 bridgehead atoms. The van der Waals surface area contributed by atoms with Crippen LogP contribution in [0.2, 0.25) is 0 Å². The van der Waals surface area contributed by atoms with Gasteiger partial charge in [0.15, 0.2) is 0 Å². The molecule has 0 radical (unpaired) electrons. The molecule has 2 aromatic carbocycles. The van der Waals surface area contributed by atoms with Crippen LogP contribution in [-0.4, -0.2) is 71.4 Å². The number of rotatable bonds is 7. The fourth-order valence-corrected chi connectivity index (χ4v) is 5.53. The summed E-state index contributed by atoms with van der Waals surface area (Å²) in [7, 11) is 1.67. The largest absolute Gasteiger partial charge is 0.491 e. The summed E-state index contributed by atoms with van der Waals surface area (Å²) in [6.45, 7) is 1.15. The van der Waals surface area contributed by atoms with E-state index in [9.17, 15) is 19.2 Å². The van der Waals surface area contributed by atoms with Gasteiger partial charge in [0.1, 0.15) is 18.4 Å². The Labute approximate surface area is 232 Å². The van der Waals surface area contributed by atoms with Gasteiger partial charge in [-0.25, -0.2) is 0 Å². The molecular weight excluding hydrogens is 510 g/mol. The van der Waals surface area contributed by atoms with E-state index in [0.29, 0.717) is 30.0 Å². The summed E-state index contributed by atoms with van der Waals surface area (Å²) in [5, 5.41) is 2.32. The van der Waals surface area contributed by atoms with Gasteiger partial charge >= 0.3 is 0 Å². The number of nitrogens with zero attached hydrogens (tertiary/aromatic N) is 3. The average Bonchev–Trinajstić information content (AvgIpc) is 3.30. The van der Waals surface area contributed by atoms with E-state index in [2.05, 4.69) is 10.3 Å². The summed E-state index contributed by atoms with van der Waals surface area (Å²) in [6, 6.07) is 14.0. The second kappa shape index (κ2) is 11.7. The van der Waals surface area contributed by atoms with E-state index in [0.717, 1.165) is 30.4 Å². The van der Waals surface area contributed by atoms with Gasteiger partial charge in [0.25, 0.3) is 11.8 Å². The molecule has 208 valence electrons. The van der Waals surface area contributed by atoms with E-state index in [-0.39, 0.29) is 49.0 Å². The van der Waals surface area contributed by atoms with Crippen LogP contribution in [0, 0.1) is 0 Å². The molecule has 2 fully saturated rings. The topological polar surface area (TPSA) is 134 Å². The number of ether oxygens (including phenoxy) is 1. The summed E-state index contributed by atoms with van der Waals surface area (Å²) >= 11 is 0. The zero-order valence-electron chi connectivity index (χ0n) is 22.5. The molecule has 3 heterocycles. The number of nitrogens with one attached hydrogen (secondary N) is 1. The minimum Gasteiger partial charge on any atom is -0.491 e. The Morgan fingerprint density at radius 3 is 2.67 bits per heavy atom. The lowest BCUT2D eigenvalue weighted by Crippen LogP contribution is -2.52. The SMILES string of the molecule is CN=C(C=C(N)C(=O)N1CCCC[C@H]1COc1ccc2c(c1)CN(C1CCC(=O)NC1=O)C2=O)c1ccccc1. The van der Waals surface area contributed by atoms with Crippen LogP contribution in [0.25, 0.3) is 0 Å². The second-order valence-electron chi connectivity index (χ2n) is 10.3. The maximum atomic E-state index is 13.4. The van der Waals surface area contributed by atoms with E-state index >= 15 is 0 Å². The van der Waals surface area contributed by atoms with Crippen molar-refractivity contribution in [3.63, 3.8) is 0 Å². The summed E-state index contributed by atoms with van der Waals surface area (Å²) in [6.07, 6.45) is 4.80. The van der Waals surface area contributed by atoms with Crippen LogP contribution in [0.15, 0.2) is 65.3 Å². The van der Waals surface area contributed by atoms with Gasteiger partial charge in [0, 0.05) is 32.1 Å². The maximum absolute atomic E-state index is 13.4. The molecule has 0 aromatic heterocycles. The Hall–Kier alpha value is -4.47. The number of piperidine rings is 2. The number of carbonyl (C=O) groups excluding carboxylic acids is 4. The van der Waals surface area contributed by atoms with Gasteiger partial charge in [-0.1, -0.05) is 30.3 Å². The van der Waals surface area contributed by atoms with Crippen molar-refractivity contribution in [2.75, 3.05) is 20.2 Å². The van der Waals surface area contributed by atoms with Crippen molar-refractivity contribution in [2.45, 2.75) is 50.7 Å². The van der Waals surface area contributed by atoms with Crippen molar-refractivity contribution in [3.8, 4) is 5.75 Å². The van der Waals surface area contributed by atoms with Crippen LogP contribution in [0.1, 0.15) is 53.6 Å². The molecule has 5 rings (SSSR count). The van der Waals surface area contributed by atoms with Crippen LogP contribution >= 0.6 is 0 Å². The number of allylic oxidation sites excluding steroid dienone is 1. The number of fused-ring (bicyclic) bond motifs is 1. The van der Waals surface area contributed by atoms with Crippen molar-refractivity contribution < 1.29 is 23.9 Å². The summed E-state index contributed by atoms with van der Waals surface area (Å²) in [5.41, 5.74) is 9.19. The van der Waals surface area contributed by atoms with Gasteiger partial charge in [-0.3, -0.25) is 29.5 Å². The highest BCUT2D eigenvalue weighted by atomic mass is 16.5. The fourth-order valence-electron chi connectivity index (χ4n) is 5.53. The van der Waals surface area contributed by atoms with Crippen molar-refractivity contribution >= 4 is 29.3 Å². The van der Waals surface area contributed by atoms with Crippen LogP contribution in [-0.2, 0) is 20.9 Å². The molecule has 2 aromatic rings. The number of carbonyl (C=O) groups is 4. The molecule has 3 aliphatic rings. The molecule has 0 saturated carbocycles. The van der Waals surface area contributed by atoms with Crippen molar-refractivity contribution in [2.24, 2.45) is 10.7 Å². The van der Waals surface area contributed by atoms with Crippen LogP contribution < -0.4 is 15.8 Å². The highest BCUT2D eigenvalue weighted by Gasteiger charge is 2.39. The van der Waals surface area contributed by atoms with Gasteiger partial charge in [-0.2, -0.15) is 0 Å². The molecule has 10 nitrogen and oxygen atoms in total. The van der Waals surface area contributed by atoms with Crippen LogP contribution in [0.5, 0.6) is 5.75 Å². The van der Waals surface area contributed by atoms with E-state index in [1.165, 1.54) is 4.90 Å². The second-order valence-corrected chi connectivity index (χ2v) is 10.3. The number of aliphatic imine (C=N–C) groups is 1. The van der Waals surface area contributed by atoms with Crippen molar-refractivity contribution in [3.05, 3.63) is 77.0 Å². The van der Waals surface area contributed by atoms with Gasteiger partial charge in [0.05, 0.1) is 17.5 Å². The van der Waals surface area contributed by atoms with E-state index < -0.39 is 11.9 Å². The highest BCUT2D eigenvalue weighted by molar-refractivity contribution is 6.12. The molecule has 1 unspecified atom stereocenters. The third-order valence-electron chi connectivity index (χ3n) is 7.68. The Bertz CT molecular complexity index is 1390. The molecule has 40 heavy (non-hydrogen) atoms. The number of nitrogens with two attached hydrogens (primary N) is 1. The van der Waals surface area contributed by atoms with Crippen molar-refractivity contribution in [1.82, 2.24) is 15.1 Å². The molecule has 2 atom stereocenters. The van der Waals surface area contributed by atoms with E-state index in [4.69, 9.17) is 10.5 Å². The summed E-state index contributed by atoms with van der Waals surface area (Å²) in [4.78, 5) is 57.7. The zero-order chi connectivity index (χ0) is 28.2. The van der Waals surface area contributed by atoms with E-state index in [1.807, 2.05) is 36.4 Å². The van der Waals surface area contributed by atoms with Gasteiger partial charge < -0.3 is 20.3 Å². The predicted octanol–water partition coefficient (Wildman–Crippen LogP) is 2.17. The lowest BCUT2D eigenvalue weighted by Gasteiger charge is -2.35. The standard InChI is InChI=1S/C30H33N5O5/c1-32-25(19-7-3-2-4-8-19)16-24(31)30(39)34-14-6-5-9-21(34)18-40-22-10-11-23-20(15-22)17-35(29(23)38)26-12-13-27(36)33-28(26)37/h2-4,7-8,10-11,15-16,21,26H,5-6,9,12-14,17-18,31H2,1H3,(H,33,36,37)/t21-,26?/m0/s1. The fraction of sp³-hybridized carbons (Fsp3) is 0.367. The smallest absolute Gasteiger partial charge is 0.270 e. The van der Waals surface area contributed by atoms with Crippen LogP contribution in [0.3, 0.4) is 0 Å². The van der Waals surface area contributed by atoms with Crippen LogP contribution in [0.4, 0.5) is 0 Å². The molecule has 4 amide bonds. The Morgan fingerprint density at radius 2 is 1.93 bits per heavy atom. The quantitative estimate of drug-likeness (QED) is 0.312. The maximum Gasteiger partial charge on any atom is 0.270 e. The Balaban J connectivity index is 1.24. The molecule has 0 aliphatic carbocycles. The van der Waals surface area contributed by atoms with Gasteiger partial charge in [-0.15, -0.1) is 0 Å². The lowest BCUT2D eigenvalue weighted by molar-refractivity contribution is -0.137. The third kappa shape index (κ3) is 5.61. The molecule has 3 aliphatic heterocycles. The normalized spacial score (nSPS) is 21.8. The predicted molar refractivity (Wildman–Crippen MR) is 149 cm³/mol. The molecule has 3 N–H and O–H groups in total. The lowest BCUT2D eigenvalue weighted by atomic mass is 10.0. The molecule has 0 spiro atoms. The Morgan fingerprint density at radius 1 is 1.12 bits per heavy atom. The van der Waals surface area contributed by atoms with Crippen molar-refractivity contribution in [1.29, 1.82) is 0 Å². The number of likely N-dealkylation sites (tertiary alicyclic amines) is 1. The minimum absolute atomic E-state index is 0.126. The molecule has 2 saturated heterocycles. The number of amides is 4. The average molecular weight is 544 g/mol. The first-order chi connectivity index (χ1) is 19.4. The van der Waals surface area contributed by atoms with Gasteiger partial charge in [-0.05, 0) is 61.1 Å². The first-order valence-electron chi connectivity index (χ1n) is 13.6. The first-order valence-corrected chi connectivity index (χ1v) is 13.6. The molecular formula is C30H33N5O5. The number of imide groups is 1. The third-order valence-corrected chi connectivity index (χ3v) is 7.68. The zero-order valence-corrected chi connectivity index (χ0v) is 22.5. The minimum atomic E-state index is -0.664. The number of hydrogen-bond acceptors (Lipinski definition) is 7. The summed E-state index contributed by atoms with van der Waals surface area (Å²) in [5.74, 6) is -0.644. The Kier molecular flexibility index (Phi) is 7.95. The van der Waals surface area contributed by atoms with E-state index in [1.54, 1.807) is 30.2 Å². The first kappa shape index (κ1) is 27.1. The number of hydrogen-bond donors (Lipinski definition) is 2. The summed E-state index contributed by atoms with van der Waals surface area (Å²) < 4.78 is 6.12. The molecule has 10 heteroatoms. The monoisotopic (exact) mass is 543 g/mol. The van der Waals surface area contributed by atoms with Gasteiger partial charge in [0.2, 0.25) is 11.8 Å².